The van der Waals surface area contributed by atoms with Crippen molar-refractivity contribution in [1.82, 2.24) is 14.3 Å². The van der Waals surface area contributed by atoms with Gasteiger partial charge in [0.2, 0.25) is 10.0 Å². The molecule has 3 rings (SSSR count). The van der Waals surface area contributed by atoms with E-state index in [4.69, 9.17) is 4.74 Å². The van der Waals surface area contributed by atoms with Crippen LogP contribution < -0.4 is 20.7 Å². The molecule has 8 nitrogen and oxygen atoms in total. The Hall–Kier alpha value is -2.72. The molecule has 1 fully saturated rings. The van der Waals surface area contributed by atoms with E-state index in [1.165, 1.54) is 22.9 Å². The summed E-state index contributed by atoms with van der Waals surface area (Å²) in [5.41, 5.74) is -1.37. The summed E-state index contributed by atoms with van der Waals surface area (Å²) in [5.74, 6) is -0.0259. The average Bonchev–Trinajstić information content (AvgIpc) is 3.52. The van der Waals surface area contributed by atoms with Crippen LogP contribution >= 0.6 is 0 Å². The molecular weight excluding hydrogens is 437 g/mol. The summed E-state index contributed by atoms with van der Waals surface area (Å²) in [7, 11) is -3.64. The first-order valence-electron chi connectivity index (χ1n) is 10.4. The van der Waals surface area contributed by atoms with Crippen LogP contribution in [0.15, 0.2) is 52.2 Å². The number of sulfonamides is 1. The van der Waals surface area contributed by atoms with Crippen molar-refractivity contribution in [2.45, 2.75) is 45.2 Å². The molecule has 10 heteroatoms. The van der Waals surface area contributed by atoms with Gasteiger partial charge in [0.05, 0.1) is 17.9 Å². The van der Waals surface area contributed by atoms with E-state index in [1.54, 1.807) is 38.1 Å². The highest BCUT2D eigenvalue weighted by atomic mass is 32.2. The van der Waals surface area contributed by atoms with E-state index in [0.717, 1.165) is 12.8 Å². The van der Waals surface area contributed by atoms with Crippen molar-refractivity contribution in [1.29, 1.82) is 0 Å². The molecule has 0 amide bonds. The lowest BCUT2D eigenvalue weighted by atomic mass is 9.95. The topological polar surface area (TPSA) is 110 Å². The number of allylic oxidation sites excluding steroid dienone is 2. The van der Waals surface area contributed by atoms with Gasteiger partial charge < -0.3 is 4.74 Å². The van der Waals surface area contributed by atoms with Gasteiger partial charge in [-0.3, -0.25) is 14.3 Å². The molecule has 0 radical (unpaired) electrons. The predicted molar refractivity (Wildman–Crippen MR) is 120 cm³/mol. The number of hydrogen-bond acceptors (Lipinski definition) is 5. The highest BCUT2D eigenvalue weighted by molar-refractivity contribution is 7.89. The summed E-state index contributed by atoms with van der Waals surface area (Å²) in [4.78, 5) is 24.8. The standard InChI is InChI=1S/C22H28FN3O5S/c1-22(2,17-8-9-18(23)19(14-17)31-15-16-6-7-16)25-32(29,30)13-5-3-4-11-26-12-10-20(27)24-21(26)28/h3-4,8-10,12,14,16,25H,5-7,11,13,15H2,1-2H3,(H,24,27,28)/b4-3+. The molecule has 1 aromatic carbocycles. The van der Waals surface area contributed by atoms with Crippen LogP contribution in [-0.4, -0.2) is 30.3 Å². The monoisotopic (exact) mass is 465 g/mol. The van der Waals surface area contributed by atoms with Gasteiger partial charge in [0.1, 0.15) is 0 Å². The van der Waals surface area contributed by atoms with Crippen LogP contribution in [0.1, 0.15) is 38.7 Å². The van der Waals surface area contributed by atoms with Crippen LogP contribution in [-0.2, 0) is 22.1 Å². The van der Waals surface area contributed by atoms with E-state index in [2.05, 4.69) is 9.71 Å². The van der Waals surface area contributed by atoms with Crippen LogP contribution in [0.2, 0.25) is 0 Å². The Morgan fingerprint density at radius 3 is 2.69 bits per heavy atom. The summed E-state index contributed by atoms with van der Waals surface area (Å²) in [6.07, 6.45) is 7.10. The minimum atomic E-state index is -3.64. The van der Waals surface area contributed by atoms with Gasteiger partial charge in [-0.15, -0.1) is 0 Å². The molecule has 0 saturated heterocycles. The Morgan fingerprint density at radius 2 is 2.00 bits per heavy atom. The lowest BCUT2D eigenvalue weighted by Gasteiger charge is -2.27. The van der Waals surface area contributed by atoms with Crippen molar-refractivity contribution >= 4 is 10.0 Å². The highest BCUT2D eigenvalue weighted by Crippen LogP contribution is 2.32. The molecule has 2 aromatic rings. The third kappa shape index (κ3) is 6.89. The molecule has 1 saturated carbocycles. The number of aromatic amines is 1. The molecule has 32 heavy (non-hydrogen) atoms. The third-order valence-electron chi connectivity index (χ3n) is 5.15. The molecule has 1 aliphatic rings. The molecule has 0 bridgehead atoms. The number of rotatable bonds is 11. The first-order chi connectivity index (χ1) is 15.1. The number of H-pyrrole nitrogens is 1. The quantitative estimate of drug-likeness (QED) is 0.495. The molecule has 1 aliphatic carbocycles. The smallest absolute Gasteiger partial charge is 0.328 e. The van der Waals surface area contributed by atoms with E-state index in [9.17, 15) is 22.4 Å². The van der Waals surface area contributed by atoms with Gasteiger partial charge in [-0.2, -0.15) is 0 Å². The Labute approximate surface area is 186 Å². The number of hydrogen-bond donors (Lipinski definition) is 2. The number of nitrogens with zero attached hydrogens (tertiary/aromatic N) is 1. The molecule has 0 spiro atoms. The second-order valence-corrected chi connectivity index (χ2v) is 10.3. The van der Waals surface area contributed by atoms with Gasteiger partial charge in [-0.1, -0.05) is 18.2 Å². The van der Waals surface area contributed by atoms with Crippen molar-refractivity contribution in [2.24, 2.45) is 5.92 Å². The SMILES string of the molecule is CC(C)(NS(=O)(=O)CC/C=C/Cn1ccc(=O)[nH]c1=O)c1ccc(F)c(OCC2CC2)c1. The average molecular weight is 466 g/mol. The number of aromatic nitrogens is 2. The van der Waals surface area contributed by atoms with Crippen molar-refractivity contribution in [2.75, 3.05) is 12.4 Å². The Balaban J connectivity index is 1.56. The summed E-state index contributed by atoms with van der Waals surface area (Å²) in [6.45, 7) is 4.10. The lowest BCUT2D eigenvalue weighted by Crippen LogP contribution is -2.42. The molecule has 2 N–H and O–H groups in total. The fourth-order valence-corrected chi connectivity index (χ4v) is 4.55. The molecule has 0 atom stereocenters. The number of halogens is 1. The van der Waals surface area contributed by atoms with E-state index in [1.807, 2.05) is 0 Å². The normalized spacial score (nSPS) is 14.7. The van der Waals surface area contributed by atoms with Crippen molar-refractivity contribution in [3.05, 3.63) is 74.8 Å². The summed E-state index contributed by atoms with van der Waals surface area (Å²) in [5, 5.41) is 0. The Kier molecular flexibility index (Phi) is 7.35. The van der Waals surface area contributed by atoms with Gasteiger partial charge in [0.25, 0.3) is 5.56 Å². The lowest BCUT2D eigenvalue weighted by molar-refractivity contribution is 0.284. The molecule has 1 heterocycles. The number of nitrogens with one attached hydrogen (secondary N) is 2. The van der Waals surface area contributed by atoms with Crippen LogP contribution in [0.25, 0.3) is 0 Å². The maximum atomic E-state index is 14.1. The minimum absolute atomic E-state index is 0.127. The number of benzene rings is 1. The van der Waals surface area contributed by atoms with Crippen LogP contribution in [0.5, 0.6) is 5.75 Å². The van der Waals surface area contributed by atoms with E-state index in [0.29, 0.717) is 18.1 Å². The number of ether oxygens (including phenoxy) is 1. The van der Waals surface area contributed by atoms with Gasteiger partial charge in [0.15, 0.2) is 11.6 Å². The fourth-order valence-electron chi connectivity index (χ4n) is 3.11. The maximum absolute atomic E-state index is 14.1. The van der Waals surface area contributed by atoms with Gasteiger partial charge in [-0.05, 0) is 56.7 Å². The molecule has 1 aromatic heterocycles. The van der Waals surface area contributed by atoms with Gasteiger partial charge in [-0.25, -0.2) is 22.3 Å². The third-order valence-corrected chi connectivity index (χ3v) is 6.75. The summed E-state index contributed by atoms with van der Waals surface area (Å²) in [6, 6.07) is 5.62. The molecule has 174 valence electrons. The zero-order chi connectivity index (χ0) is 23.4. The largest absolute Gasteiger partial charge is 0.490 e. The molecular formula is C22H28FN3O5S. The van der Waals surface area contributed by atoms with E-state index in [-0.39, 0.29) is 24.5 Å². The zero-order valence-corrected chi connectivity index (χ0v) is 19.0. The second-order valence-electron chi connectivity index (χ2n) is 8.47. The first kappa shape index (κ1) is 23.9. The second kappa shape index (κ2) is 9.83. The minimum Gasteiger partial charge on any atom is -0.490 e. The van der Waals surface area contributed by atoms with Crippen LogP contribution in [0, 0.1) is 11.7 Å². The summed E-state index contributed by atoms with van der Waals surface area (Å²) >= 11 is 0. The summed E-state index contributed by atoms with van der Waals surface area (Å²) < 4.78 is 48.7. The van der Waals surface area contributed by atoms with Gasteiger partial charge >= 0.3 is 5.69 Å². The predicted octanol–water partition coefficient (Wildman–Crippen LogP) is 2.27. The van der Waals surface area contributed by atoms with E-state index >= 15 is 0 Å². The van der Waals surface area contributed by atoms with Crippen LogP contribution in [0.3, 0.4) is 0 Å². The maximum Gasteiger partial charge on any atom is 0.328 e. The molecule has 0 aliphatic heterocycles. The Bertz CT molecular complexity index is 1200. The van der Waals surface area contributed by atoms with Crippen LogP contribution in [0.4, 0.5) is 4.39 Å². The Morgan fingerprint density at radius 1 is 1.25 bits per heavy atom. The van der Waals surface area contributed by atoms with E-state index < -0.39 is 32.6 Å². The highest BCUT2D eigenvalue weighted by Gasteiger charge is 2.28. The van der Waals surface area contributed by atoms with Crippen molar-refractivity contribution < 1.29 is 17.5 Å². The van der Waals surface area contributed by atoms with Gasteiger partial charge in [0, 0.05) is 18.8 Å². The first-order valence-corrected chi connectivity index (χ1v) is 12.1. The van der Waals surface area contributed by atoms with Crippen molar-refractivity contribution in [3.8, 4) is 5.75 Å². The zero-order valence-electron chi connectivity index (χ0n) is 18.1. The fraction of sp³-hybridized carbons (Fsp3) is 0.455. The molecule has 0 unspecified atom stereocenters. The van der Waals surface area contributed by atoms with Crippen molar-refractivity contribution in [3.63, 3.8) is 0 Å².